The van der Waals surface area contributed by atoms with E-state index in [9.17, 15) is 10.3 Å². The summed E-state index contributed by atoms with van der Waals surface area (Å²) in [6.45, 7) is 3.58. The molecule has 0 radical (unpaired) electrons. The molecule has 0 spiro atoms. The van der Waals surface area contributed by atoms with Gasteiger partial charge in [-0.15, -0.1) is 0 Å². The number of hydrogen-bond acceptors (Lipinski definition) is 4. The summed E-state index contributed by atoms with van der Waals surface area (Å²) in [6, 6.07) is 6.12. The van der Waals surface area contributed by atoms with Gasteiger partial charge in [0.05, 0.1) is 6.10 Å². The second kappa shape index (κ2) is 7.96. The van der Waals surface area contributed by atoms with Crippen LogP contribution >= 0.6 is 22.6 Å². The quantitative estimate of drug-likeness (QED) is 0.283. The van der Waals surface area contributed by atoms with Crippen LogP contribution in [0.25, 0.3) is 0 Å². The number of rotatable bonds is 5. The van der Waals surface area contributed by atoms with Gasteiger partial charge in [-0.3, -0.25) is 0 Å². The van der Waals surface area contributed by atoms with Crippen molar-refractivity contribution in [2.45, 2.75) is 26.0 Å². The van der Waals surface area contributed by atoms with Crippen molar-refractivity contribution in [2.75, 3.05) is 6.61 Å². The summed E-state index contributed by atoms with van der Waals surface area (Å²) in [5, 5.41) is 24.8. The fraction of sp³-hybridized carbons (Fsp3) is 0.385. The van der Waals surface area contributed by atoms with E-state index in [0.717, 1.165) is 0 Å². The van der Waals surface area contributed by atoms with Gasteiger partial charge in [-0.1, -0.05) is 10.8 Å². The molecule has 1 aromatic carbocycles. The summed E-state index contributed by atoms with van der Waals surface area (Å²) in [5.41, 5.74) is 0.389. The first-order valence-corrected chi connectivity index (χ1v) is 6.80. The zero-order valence-corrected chi connectivity index (χ0v) is 12.9. The molecule has 6 heteroatoms. The number of azo groups is 1. The molecule has 0 aromatic heterocycles. The maximum Gasteiger partial charge on any atom is 0.244 e. The second-order valence-corrected chi connectivity index (χ2v) is 4.46. The lowest BCUT2D eigenvalue weighted by molar-refractivity contribution is -0.447. The van der Waals surface area contributed by atoms with Gasteiger partial charge in [0.1, 0.15) is 18.4 Å². The number of benzene rings is 1. The van der Waals surface area contributed by atoms with E-state index in [0.29, 0.717) is 22.9 Å². The molecule has 0 bridgehead atoms. The maximum absolute atomic E-state index is 11.7. The van der Waals surface area contributed by atoms with Gasteiger partial charge < -0.3 is 15.1 Å². The van der Waals surface area contributed by atoms with Crippen LogP contribution in [-0.2, 0) is 0 Å². The Hall–Kier alpha value is -1.33. The number of hydrogen-bond donors (Lipinski definition) is 1. The van der Waals surface area contributed by atoms with Crippen molar-refractivity contribution in [3.05, 3.63) is 29.5 Å². The van der Waals surface area contributed by atoms with E-state index in [1.165, 1.54) is 0 Å². The summed E-state index contributed by atoms with van der Waals surface area (Å²) in [5.74, 6) is 3.41. The molecule has 1 rings (SSSR count). The number of aliphatic hydroxyl groups excluding tert-OH is 1. The third kappa shape index (κ3) is 5.44. The molecule has 0 fully saturated rings. The Kier molecular flexibility index (Phi) is 6.59. The van der Waals surface area contributed by atoms with Gasteiger partial charge in [0.2, 0.25) is 5.69 Å². The van der Waals surface area contributed by atoms with Crippen LogP contribution in [0.1, 0.15) is 13.8 Å². The molecular formula is C13H15IN2O3. The van der Waals surface area contributed by atoms with Crippen LogP contribution in [0.3, 0.4) is 0 Å². The topological polar surface area (TPSA) is 67.9 Å². The molecule has 2 unspecified atom stereocenters. The van der Waals surface area contributed by atoms with Crippen LogP contribution in [0.15, 0.2) is 29.4 Å². The molecule has 2 atom stereocenters. The lowest BCUT2D eigenvalue weighted by atomic mass is 10.2. The van der Waals surface area contributed by atoms with Crippen molar-refractivity contribution >= 4 is 28.3 Å². The van der Waals surface area contributed by atoms with E-state index in [1.807, 2.05) is 22.6 Å². The van der Waals surface area contributed by atoms with Crippen molar-refractivity contribution in [2.24, 2.45) is 5.11 Å². The maximum atomic E-state index is 11.7. The monoisotopic (exact) mass is 374 g/mol. The molecule has 0 amide bonds. The minimum absolute atomic E-state index is 0.312. The molecule has 102 valence electrons. The number of ether oxygens (including phenoxy) is 1. The van der Waals surface area contributed by atoms with Gasteiger partial charge >= 0.3 is 0 Å². The van der Waals surface area contributed by atoms with Gasteiger partial charge in [0, 0.05) is 34.7 Å². The van der Waals surface area contributed by atoms with Crippen LogP contribution in [0, 0.1) is 15.1 Å². The summed E-state index contributed by atoms with van der Waals surface area (Å²) in [6.07, 6.45) is -0.661. The highest BCUT2D eigenvalue weighted by Gasteiger charge is 2.12. The van der Waals surface area contributed by atoms with Gasteiger partial charge in [0.15, 0.2) is 0 Å². The Balaban J connectivity index is 2.71. The van der Waals surface area contributed by atoms with Crippen LogP contribution in [-0.4, -0.2) is 28.7 Å². The smallest absolute Gasteiger partial charge is 0.244 e. The Labute approximate surface area is 126 Å². The van der Waals surface area contributed by atoms with E-state index in [2.05, 4.69) is 15.0 Å². The molecular weight excluding hydrogens is 359 g/mol. The Morgan fingerprint density at radius 1 is 1.42 bits per heavy atom. The van der Waals surface area contributed by atoms with Crippen molar-refractivity contribution in [1.29, 1.82) is 0 Å². The second-order valence-electron chi connectivity index (χ2n) is 3.92. The molecule has 0 saturated heterocycles. The Bertz CT molecular complexity index is 489. The molecule has 0 aliphatic carbocycles. The van der Waals surface area contributed by atoms with Crippen LogP contribution in [0.4, 0.5) is 5.69 Å². The predicted octanol–water partition coefficient (Wildman–Crippen LogP) is 2.82. The van der Waals surface area contributed by atoms with E-state index < -0.39 is 12.1 Å². The fourth-order valence-electron chi connectivity index (χ4n) is 1.15. The van der Waals surface area contributed by atoms with Crippen LogP contribution in [0.5, 0.6) is 5.75 Å². The highest BCUT2D eigenvalue weighted by Crippen LogP contribution is 2.18. The first-order chi connectivity index (χ1) is 9.04. The highest BCUT2D eigenvalue weighted by atomic mass is 127. The van der Waals surface area contributed by atoms with Crippen molar-refractivity contribution in [3.8, 4) is 15.6 Å². The first-order valence-electron chi connectivity index (χ1n) is 5.72. The van der Waals surface area contributed by atoms with Crippen molar-refractivity contribution in [1.82, 2.24) is 0 Å². The van der Waals surface area contributed by atoms with Gasteiger partial charge in [-0.2, -0.15) is 0 Å². The van der Waals surface area contributed by atoms with Crippen molar-refractivity contribution in [3.63, 3.8) is 0 Å². The summed E-state index contributed by atoms with van der Waals surface area (Å²) in [7, 11) is 0. The van der Waals surface area contributed by atoms with Crippen molar-refractivity contribution < 1.29 is 14.7 Å². The number of aliphatic hydroxyl groups is 1. The fourth-order valence-corrected chi connectivity index (χ4v) is 1.30. The van der Waals surface area contributed by atoms with Gasteiger partial charge in [-0.25, -0.2) is 0 Å². The Morgan fingerprint density at radius 3 is 2.58 bits per heavy atom. The van der Waals surface area contributed by atoms with Gasteiger partial charge in [0.25, 0.3) is 0 Å². The normalized spacial score (nSPS) is 14.2. The average molecular weight is 374 g/mol. The van der Waals surface area contributed by atoms with Crippen LogP contribution in [0.2, 0.25) is 0 Å². The van der Waals surface area contributed by atoms with Gasteiger partial charge in [-0.05, 0) is 35.0 Å². The first kappa shape index (κ1) is 15.7. The third-order valence-electron chi connectivity index (χ3n) is 2.42. The molecule has 0 saturated carbocycles. The minimum Gasteiger partial charge on any atom is -0.594 e. The lowest BCUT2D eigenvalue weighted by Crippen LogP contribution is -2.18. The average Bonchev–Trinajstić information content (AvgIpc) is 2.39. The lowest BCUT2D eigenvalue weighted by Gasteiger charge is -2.08. The largest absolute Gasteiger partial charge is 0.594 e. The molecule has 19 heavy (non-hydrogen) atoms. The summed E-state index contributed by atoms with van der Waals surface area (Å²) >= 11 is 1.94. The van der Waals surface area contributed by atoms with E-state index in [4.69, 9.17) is 4.74 Å². The number of halogens is 1. The zero-order chi connectivity index (χ0) is 14.3. The predicted molar refractivity (Wildman–Crippen MR) is 80.6 cm³/mol. The molecule has 1 N–H and O–H groups in total. The molecule has 0 heterocycles. The zero-order valence-electron chi connectivity index (χ0n) is 10.7. The third-order valence-corrected chi connectivity index (χ3v) is 2.80. The standard InChI is InChI=1S/C13H15IN2O3/c1-10(11(2)17)15-16(18)12-4-6-13(7-5-12)19-9-3-8-14/h4-7,10-11,17H,9H2,1-2H3. The minimum atomic E-state index is -0.661. The van der Waals surface area contributed by atoms with E-state index in [1.54, 1.807) is 38.1 Å². The SMILES string of the molecule is CC(O)C(C)N=[N+]([O-])c1ccc(OCC#CI)cc1. The van der Waals surface area contributed by atoms with Crippen LogP contribution < -0.4 is 4.74 Å². The molecule has 0 aliphatic rings. The molecule has 1 aromatic rings. The summed E-state index contributed by atoms with van der Waals surface area (Å²) in [4.78, 5) is 0.506. The molecule has 0 aliphatic heterocycles. The van der Waals surface area contributed by atoms with E-state index in [-0.39, 0.29) is 0 Å². The number of nitrogens with zero attached hydrogens (tertiary/aromatic N) is 2. The Morgan fingerprint density at radius 2 is 2.05 bits per heavy atom. The summed E-state index contributed by atoms with van der Waals surface area (Å²) < 4.78 is 8.03. The molecule has 5 nitrogen and oxygen atoms in total. The van der Waals surface area contributed by atoms with E-state index >= 15 is 0 Å². The highest BCUT2D eigenvalue weighted by molar-refractivity contribution is 14.1.